The maximum atomic E-state index is 12.6. The first-order valence-electron chi connectivity index (χ1n) is 7.78. The second-order valence-corrected chi connectivity index (χ2v) is 6.94. The average Bonchev–Trinajstić information content (AvgIpc) is 3.08. The molecule has 0 fully saturated rings. The summed E-state index contributed by atoms with van der Waals surface area (Å²) in [7, 11) is 0. The number of benzene rings is 1. The minimum atomic E-state index is -1.06. The molecule has 1 atom stereocenters. The Morgan fingerprint density at radius 2 is 1.88 bits per heavy atom. The van der Waals surface area contributed by atoms with Crippen LogP contribution in [0.1, 0.15) is 39.4 Å². The molecule has 25 heavy (non-hydrogen) atoms. The molecular formula is C18H20N2O4S. The van der Waals surface area contributed by atoms with Crippen LogP contribution in [0.25, 0.3) is 0 Å². The number of aryl methyl sites for hydroxylation is 1. The minimum absolute atomic E-state index is 0.126. The van der Waals surface area contributed by atoms with Crippen molar-refractivity contribution in [2.75, 3.05) is 5.32 Å². The van der Waals surface area contributed by atoms with E-state index in [0.717, 1.165) is 0 Å². The van der Waals surface area contributed by atoms with Crippen molar-refractivity contribution in [2.24, 2.45) is 5.92 Å². The molecule has 0 bridgehead atoms. The Balaban J connectivity index is 2.14. The summed E-state index contributed by atoms with van der Waals surface area (Å²) in [5.74, 6) is -1.88. The van der Waals surface area contributed by atoms with Gasteiger partial charge in [0, 0.05) is 5.69 Å². The Kier molecular flexibility index (Phi) is 5.93. The molecule has 1 heterocycles. The number of carbonyl (C=O) groups excluding carboxylic acids is 2. The summed E-state index contributed by atoms with van der Waals surface area (Å²) >= 11 is 1.30. The second kappa shape index (κ2) is 7.94. The van der Waals surface area contributed by atoms with E-state index in [1.165, 1.54) is 17.4 Å². The molecule has 0 saturated carbocycles. The van der Waals surface area contributed by atoms with Gasteiger partial charge in [0.25, 0.3) is 5.91 Å². The molecule has 0 radical (unpaired) electrons. The third kappa shape index (κ3) is 4.67. The summed E-state index contributed by atoms with van der Waals surface area (Å²) in [6.07, 6.45) is 0. The number of hydrogen-bond acceptors (Lipinski definition) is 4. The Morgan fingerprint density at radius 3 is 2.44 bits per heavy atom. The summed E-state index contributed by atoms with van der Waals surface area (Å²) in [4.78, 5) is 36.5. The Hall–Kier alpha value is -2.67. The number of carboxylic acid groups (broad SMARTS) is 1. The topological polar surface area (TPSA) is 95.5 Å². The standard InChI is InChI=1S/C18H20N2O4S/c1-10(2)15(20-16(21)14-5-4-8-25-14)17(22)19-12-7-6-11(3)13(9-12)18(23)24/h4-10,15H,1-3H3,(H,19,22)(H,20,21)(H,23,24). The number of amides is 2. The van der Waals surface area contributed by atoms with Gasteiger partial charge in [-0.25, -0.2) is 4.79 Å². The summed E-state index contributed by atoms with van der Waals surface area (Å²) in [6, 6.07) is 7.40. The number of nitrogens with one attached hydrogen (secondary N) is 2. The van der Waals surface area contributed by atoms with Crippen molar-refractivity contribution >= 4 is 34.8 Å². The molecule has 0 aliphatic rings. The smallest absolute Gasteiger partial charge is 0.336 e. The van der Waals surface area contributed by atoms with Crippen molar-refractivity contribution in [3.8, 4) is 0 Å². The van der Waals surface area contributed by atoms with E-state index in [1.54, 1.807) is 36.6 Å². The van der Waals surface area contributed by atoms with Gasteiger partial charge >= 0.3 is 5.97 Å². The van der Waals surface area contributed by atoms with Gasteiger partial charge in [0.15, 0.2) is 0 Å². The molecule has 0 aliphatic heterocycles. The van der Waals surface area contributed by atoms with Crippen LogP contribution in [0.3, 0.4) is 0 Å². The van der Waals surface area contributed by atoms with Crippen molar-refractivity contribution < 1.29 is 19.5 Å². The average molecular weight is 360 g/mol. The summed E-state index contributed by atoms with van der Waals surface area (Å²) in [5.41, 5.74) is 1.11. The SMILES string of the molecule is Cc1ccc(NC(=O)C(NC(=O)c2cccs2)C(C)C)cc1C(=O)O. The van der Waals surface area contributed by atoms with Crippen LogP contribution >= 0.6 is 11.3 Å². The van der Waals surface area contributed by atoms with Crippen LogP contribution in [0.15, 0.2) is 35.7 Å². The van der Waals surface area contributed by atoms with Gasteiger partial charge in [-0.05, 0) is 42.0 Å². The lowest BCUT2D eigenvalue weighted by Gasteiger charge is -2.21. The van der Waals surface area contributed by atoms with E-state index in [1.807, 2.05) is 13.8 Å². The summed E-state index contributed by atoms with van der Waals surface area (Å²) < 4.78 is 0. The van der Waals surface area contributed by atoms with E-state index in [0.29, 0.717) is 16.1 Å². The van der Waals surface area contributed by atoms with Crippen LogP contribution in [0.2, 0.25) is 0 Å². The molecule has 132 valence electrons. The molecule has 2 amide bonds. The fourth-order valence-corrected chi connectivity index (χ4v) is 2.93. The van der Waals surface area contributed by atoms with Crippen molar-refractivity contribution in [1.29, 1.82) is 0 Å². The molecule has 1 aromatic carbocycles. The number of hydrogen-bond donors (Lipinski definition) is 3. The van der Waals surface area contributed by atoms with Gasteiger partial charge in [-0.15, -0.1) is 11.3 Å². The van der Waals surface area contributed by atoms with Gasteiger partial charge in [-0.1, -0.05) is 26.0 Å². The number of carbonyl (C=O) groups is 3. The maximum Gasteiger partial charge on any atom is 0.336 e. The van der Waals surface area contributed by atoms with Gasteiger partial charge in [0.1, 0.15) is 6.04 Å². The van der Waals surface area contributed by atoms with Crippen molar-refractivity contribution in [3.63, 3.8) is 0 Å². The Bertz CT molecular complexity index is 784. The van der Waals surface area contributed by atoms with E-state index in [4.69, 9.17) is 0 Å². The molecule has 7 heteroatoms. The van der Waals surface area contributed by atoms with Gasteiger partial charge in [-0.2, -0.15) is 0 Å². The van der Waals surface area contributed by atoms with Crippen molar-refractivity contribution in [1.82, 2.24) is 5.32 Å². The van der Waals surface area contributed by atoms with Crippen LogP contribution in [0.4, 0.5) is 5.69 Å². The van der Waals surface area contributed by atoms with Gasteiger partial charge < -0.3 is 15.7 Å². The largest absolute Gasteiger partial charge is 0.478 e. The van der Waals surface area contributed by atoms with E-state index in [-0.39, 0.29) is 23.3 Å². The fraction of sp³-hybridized carbons (Fsp3) is 0.278. The Labute approximate surface area is 149 Å². The number of thiophene rings is 1. The number of aromatic carboxylic acids is 1. The van der Waals surface area contributed by atoms with Crippen LogP contribution in [-0.2, 0) is 4.79 Å². The van der Waals surface area contributed by atoms with Gasteiger partial charge in [0.2, 0.25) is 5.91 Å². The fourth-order valence-electron chi connectivity index (χ4n) is 2.31. The third-order valence-corrected chi connectivity index (χ3v) is 4.58. The van der Waals surface area contributed by atoms with E-state index >= 15 is 0 Å². The lowest BCUT2D eigenvalue weighted by atomic mass is 10.0. The molecule has 1 unspecified atom stereocenters. The van der Waals surface area contributed by atoms with Crippen LogP contribution in [0, 0.1) is 12.8 Å². The normalized spacial score (nSPS) is 11.8. The molecule has 0 spiro atoms. The quantitative estimate of drug-likeness (QED) is 0.737. The number of rotatable bonds is 6. The van der Waals surface area contributed by atoms with Crippen LogP contribution in [0.5, 0.6) is 0 Å². The zero-order chi connectivity index (χ0) is 18.6. The predicted molar refractivity (Wildman–Crippen MR) is 97.2 cm³/mol. The Morgan fingerprint density at radius 1 is 1.16 bits per heavy atom. The van der Waals surface area contributed by atoms with E-state index < -0.39 is 12.0 Å². The molecular weight excluding hydrogens is 340 g/mol. The highest BCUT2D eigenvalue weighted by Crippen LogP contribution is 2.17. The molecule has 6 nitrogen and oxygen atoms in total. The van der Waals surface area contributed by atoms with Crippen LogP contribution in [-0.4, -0.2) is 28.9 Å². The highest BCUT2D eigenvalue weighted by molar-refractivity contribution is 7.12. The first-order chi connectivity index (χ1) is 11.8. The molecule has 2 rings (SSSR count). The van der Waals surface area contributed by atoms with Gasteiger partial charge in [0.05, 0.1) is 10.4 Å². The molecule has 1 aromatic heterocycles. The highest BCUT2D eigenvalue weighted by atomic mass is 32.1. The lowest BCUT2D eigenvalue weighted by Crippen LogP contribution is -2.46. The second-order valence-electron chi connectivity index (χ2n) is 6.00. The molecule has 0 aliphatic carbocycles. The number of carboxylic acids is 1. The van der Waals surface area contributed by atoms with Crippen LogP contribution < -0.4 is 10.6 Å². The maximum absolute atomic E-state index is 12.6. The summed E-state index contributed by atoms with van der Waals surface area (Å²) in [6.45, 7) is 5.35. The molecule has 2 aromatic rings. The predicted octanol–water partition coefficient (Wildman–Crippen LogP) is 3.15. The van der Waals surface area contributed by atoms with Crippen molar-refractivity contribution in [2.45, 2.75) is 26.8 Å². The molecule has 3 N–H and O–H groups in total. The van der Waals surface area contributed by atoms with E-state index in [2.05, 4.69) is 10.6 Å². The molecule has 0 saturated heterocycles. The monoisotopic (exact) mass is 360 g/mol. The number of anilines is 1. The highest BCUT2D eigenvalue weighted by Gasteiger charge is 2.25. The first-order valence-corrected chi connectivity index (χ1v) is 8.66. The zero-order valence-corrected chi connectivity index (χ0v) is 15.0. The van der Waals surface area contributed by atoms with Gasteiger partial charge in [-0.3, -0.25) is 9.59 Å². The minimum Gasteiger partial charge on any atom is -0.478 e. The zero-order valence-electron chi connectivity index (χ0n) is 14.2. The summed E-state index contributed by atoms with van der Waals surface area (Å²) in [5, 5.41) is 16.4. The van der Waals surface area contributed by atoms with E-state index in [9.17, 15) is 19.5 Å². The first kappa shape index (κ1) is 18.7. The lowest BCUT2D eigenvalue weighted by molar-refractivity contribution is -0.118. The third-order valence-electron chi connectivity index (χ3n) is 3.72. The van der Waals surface area contributed by atoms with Crippen molar-refractivity contribution in [3.05, 3.63) is 51.7 Å².